The monoisotopic (exact) mass is 418 g/mol. The quantitative estimate of drug-likeness (QED) is 0.356. The number of rotatable bonds is 9. The summed E-state index contributed by atoms with van der Waals surface area (Å²) in [6, 6.07) is 3.87. The molecular formula is C18H28F2N4O3S. The first-order chi connectivity index (χ1) is 13.3. The molecule has 1 heterocycles. The maximum absolute atomic E-state index is 14.0. The van der Waals surface area contributed by atoms with Gasteiger partial charge in [-0.2, -0.15) is 0 Å². The third-order valence-corrected chi connectivity index (χ3v) is 5.14. The van der Waals surface area contributed by atoms with Gasteiger partial charge in [-0.3, -0.25) is 4.99 Å². The molecule has 158 valence electrons. The summed E-state index contributed by atoms with van der Waals surface area (Å²) < 4.78 is 55.3. The van der Waals surface area contributed by atoms with Crippen molar-refractivity contribution in [2.45, 2.75) is 19.4 Å². The van der Waals surface area contributed by atoms with E-state index in [1.54, 1.807) is 4.90 Å². The second-order valence-corrected chi connectivity index (χ2v) is 8.91. The van der Waals surface area contributed by atoms with Crippen LogP contribution in [0.4, 0.5) is 14.5 Å². The Labute approximate surface area is 165 Å². The van der Waals surface area contributed by atoms with E-state index in [-0.39, 0.29) is 24.1 Å². The van der Waals surface area contributed by atoms with Crippen LogP contribution in [0.2, 0.25) is 0 Å². The molecule has 0 aromatic heterocycles. The Balaban J connectivity index is 1.83. The van der Waals surface area contributed by atoms with Gasteiger partial charge in [0.1, 0.15) is 27.2 Å². The minimum absolute atomic E-state index is 0.00274. The Morgan fingerprint density at radius 1 is 1.32 bits per heavy atom. The lowest BCUT2D eigenvalue weighted by Crippen LogP contribution is -2.44. The van der Waals surface area contributed by atoms with Crippen molar-refractivity contribution in [1.29, 1.82) is 0 Å². The highest BCUT2D eigenvalue weighted by molar-refractivity contribution is 7.90. The summed E-state index contributed by atoms with van der Waals surface area (Å²) in [5, 5.41) is 6.39. The van der Waals surface area contributed by atoms with Crippen LogP contribution in [-0.4, -0.2) is 71.8 Å². The Hall–Kier alpha value is -1.94. The molecule has 1 saturated heterocycles. The van der Waals surface area contributed by atoms with E-state index in [9.17, 15) is 17.2 Å². The van der Waals surface area contributed by atoms with Crippen molar-refractivity contribution in [3.63, 3.8) is 0 Å². The molecule has 0 aliphatic carbocycles. The molecule has 7 nitrogen and oxygen atoms in total. The average molecular weight is 419 g/mol. The van der Waals surface area contributed by atoms with E-state index in [0.29, 0.717) is 38.7 Å². The van der Waals surface area contributed by atoms with E-state index < -0.39 is 21.5 Å². The van der Waals surface area contributed by atoms with Gasteiger partial charge >= 0.3 is 0 Å². The summed E-state index contributed by atoms with van der Waals surface area (Å²) in [6.07, 6.45) is 1.89. The summed E-state index contributed by atoms with van der Waals surface area (Å²) >= 11 is 0. The number of nitrogens with one attached hydrogen (secondary N) is 2. The molecule has 1 fully saturated rings. The van der Waals surface area contributed by atoms with Crippen molar-refractivity contribution in [2.24, 2.45) is 4.99 Å². The van der Waals surface area contributed by atoms with Crippen molar-refractivity contribution < 1.29 is 21.9 Å². The highest BCUT2D eigenvalue weighted by Crippen LogP contribution is 2.26. The largest absolute Gasteiger partial charge is 0.378 e. The van der Waals surface area contributed by atoms with E-state index in [2.05, 4.69) is 15.6 Å². The number of aliphatic imine (C=N–C) groups is 1. The first kappa shape index (κ1) is 22.4. The Kier molecular flexibility index (Phi) is 8.43. The molecule has 1 aromatic rings. The van der Waals surface area contributed by atoms with Crippen molar-refractivity contribution in [2.75, 3.05) is 56.3 Å². The molecule has 1 aliphatic heterocycles. The molecule has 1 aliphatic rings. The van der Waals surface area contributed by atoms with Gasteiger partial charge in [0.15, 0.2) is 5.96 Å². The summed E-state index contributed by atoms with van der Waals surface area (Å²) in [7, 11) is -3.03. The molecule has 0 bridgehead atoms. The maximum atomic E-state index is 14.0. The van der Waals surface area contributed by atoms with Crippen LogP contribution in [0.5, 0.6) is 0 Å². The van der Waals surface area contributed by atoms with Crippen LogP contribution < -0.4 is 15.5 Å². The molecule has 0 spiro atoms. The van der Waals surface area contributed by atoms with E-state index >= 15 is 0 Å². The van der Waals surface area contributed by atoms with Crippen molar-refractivity contribution >= 4 is 21.5 Å². The minimum Gasteiger partial charge on any atom is -0.378 e. The van der Waals surface area contributed by atoms with Gasteiger partial charge < -0.3 is 20.3 Å². The van der Waals surface area contributed by atoms with Crippen LogP contribution in [0.1, 0.15) is 13.3 Å². The van der Waals surface area contributed by atoms with Crippen LogP contribution >= 0.6 is 0 Å². The smallest absolute Gasteiger partial charge is 0.191 e. The van der Waals surface area contributed by atoms with Crippen molar-refractivity contribution in [3.8, 4) is 0 Å². The zero-order chi connectivity index (χ0) is 20.6. The maximum Gasteiger partial charge on any atom is 0.191 e. The Morgan fingerprint density at radius 3 is 2.68 bits per heavy atom. The topological polar surface area (TPSA) is 83.0 Å². The SMILES string of the molecule is CCNC(=NCCOCCS(C)(=O)=O)NC1CCN(c2c(F)cccc2F)C1. The van der Waals surface area contributed by atoms with E-state index in [4.69, 9.17) is 4.74 Å². The van der Waals surface area contributed by atoms with Gasteiger partial charge in [0.05, 0.1) is 25.5 Å². The second-order valence-electron chi connectivity index (χ2n) is 6.65. The number of halogens is 2. The van der Waals surface area contributed by atoms with Gasteiger partial charge in [-0.05, 0) is 25.5 Å². The fourth-order valence-electron chi connectivity index (χ4n) is 2.92. The number of para-hydroxylation sites is 1. The highest BCUT2D eigenvalue weighted by atomic mass is 32.2. The van der Waals surface area contributed by atoms with Crippen LogP contribution in [0, 0.1) is 11.6 Å². The van der Waals surface area contributed by atoms with Gasteiger partial charge in [-0.25, -0.2) is 17.2 Å². The Morgan fingerprint density at radius 2 is 2.04 bits per heavy atom. The summed E-state index contributed by atoms with van der Waals surface area (Å²) in [5.74, 6) is -0.547. The number of ether oxygens (including phenoxy) is 1. The molecule has 1 aromatic carbocycles. The fourth-order valence-corrected chi connectivity index (χ4v) is 3.34. The molecule has 0 radical (unpaired) electrons. The minimum atomic E-state index is -3.03. The Bertz CT molecular complexity index is 754. The molecule has 10 heteroatoms. The van der Waals surface area contributed by atoms with Crippen molar-refractivity contribution in [3.05, 3.63) is 29.8 Å². The summed E-state index contributed by atoms with van der Waals surface area (Å²) in [6.45, 7) is 4.44. The van der Waals surface area contributed by atoms with Gasteiger partial charge in [-0.1, -0.05) is 6.07 Å². The molecule has 2 N–H and O–H groups in total. The summed E-state index contributed by atoms with van der Waals surface area (Å²) in [4.78, 5) is 6.09. The van der Waals surface area contributed by atoms with Crippen LogP contribution in [0.3, 0.4) is 0 Å². The fraction of sp³-hybridized carbons (Fsp3) is 0.611. The van der Waals surface area contributed by atoms with E-state index in [0.717, 1.165) is 6.42 Å². The number of nitrogens with zero attached hydrogens (tertiary/aromatic N) is 2. The lowest BCUT2D eigenvalue weighted by Gasteiger charge is -2.21. The standard InChI is InChI=1S/C18H28F2N4O3S/c1-3-21-18(22-8-10-27-11-12-28(2,25)26)23-14-7-9-24(13-14)17-15(19)5-4-6-16(17)20/h4-6,14H,3,7-13H2,1-2H3,(H2,21,22,23). The molecule has 28 heavy (non-hydrogen) atoms. The lowest BCUT2D eigenvalue weighted by atomic mass is 10.2. The van der Waals surface area contributed by atoms with E-state index in [1.165, 1.54) is 24.5 Å². The van der Waals surface area contributed by atoms with Gasteiger partial charge in [0.25, 0.3) is 0 Å². The number of hydrogen-bond donors (Lipinski definition) is 2. The zero-order valence-electron chi connectivity index (χ0n) is 16.2. The molecule has 1 unspecified atom stereocenters. The molecule has 0 amide bonds. The first-order valence-corrected chi connectivity index (χ1v) is 11.4. The number of benzene rings is 1. The molecule has 0 saturated carbocycles. The summed E-state index contributed by atoms with van der Waals surface area (Å²) in [5.41, 5.74) is 0.00742. The number of hydrogen-bond acceptors (Lipinski definition) is 5. The van der Waals surface area contributed by atoms with Crippen LogP contribution in [0.25, 0.3) is 0 Å². The van der Waals surface area contributed by atoms with Gasteiger partial charge in [0, 0.05) is 31.9 Å². The van der Waals surface area contributed by atoms with Crippen LogP contribution in [0.15, 0.2) is 23.2 Å². The van der Waals surface area contributed by atoms with E-state index in [1.807, 2.05) is 6.92 Å². The predicted octanol–water partition coefficient (Wildman–Crippen LogP) is 1.16. The third kappa shape index (κ3) is 7.23. The van der Waals surface area contributed by atoms with Gasteiger partial charge in [0.2, 0.25) is 0 Å². The molecule has 1 atom stereocenters. The number of sulfone groups is 1. The third-order valence-electron chi connectivity index (χ3n) is 4.23. The lowest BCUT2D eigenvalue weighted by molar-refractivity contribution is 0.157. The molecule has 2 rings (SSSR count). The molecular weight excluding hydrogens is 390 g/mol. The van der Waals surface area contributed by atoms with Crippen LogP contribution in [-0.2, 0) is 14.6 Å². The van der Waals surface area contributed by atoms with Gasteiger partial charge in [-0.15, -0.1) is 0 Å². The second kappa shape index (κ2) is 10.6. The number of guanidine groups is 1. The number of anilines is 1. The zero-order valence-corrected chi connectivity index (χ0v) is 17.1. The average Bonchev–Trinajstić information content (AvgIpc) is 3.05. The normalized spacial score (nSPS) is 17.8. The van der Waals surface area contributed by atoms with Crippen molar-refractivity contribution in [1.82, 2.24) is 10.6 Å². The first-order valence-electron chi connectivity index (χ1n) is 9.29. The highest BCUT2D eigenvalue weighted by Gasteiger charge is 2.27. The predicted molar refractivity (Wildman–Crippen MR) is 107 cm³/mol.